The smallest absolute Gasteiger partial charge is 0.271 e. The van der Waals surface area contributed by atoms with Crippen molar-refractivity contribution < 1.29 is 9.90 Å². The van der Waals surface area contributed by atoms with Crippen LogP contribution in [0.25, 0.3) is 5.69 Å². The van der Waals surface area contributed by atoms with Crippen molar-refractivity contribution in [2.45, 2.75) is 19.4 Å². The van der Waals surface area contributed by atoms with E-state index in [0.29, 0.717) is 17.8 Å². The van der Waals surface area contributed by atoms with Crippen LogP contribution in [0.15, 0.2) is 36.5 Å². The molecule has 1 unspecified atom stereocenters. The molecule has 4 N–H and O–H groups in total. The van der Waals surface area contributed by atoms with Crippen molar-refractivity contribution in [3.8, 4) is 5.69 Å². The monoisotopic (exact) mass is 274 g/mol. The van der Waals surface area contributed by atoms with Crippen molar-refractivity contribution in [2.24, 2.45) is 0 Å². The highest BCUT2D eigenvalue weighted by Gasteiger charge is 2.11. The van der Waals surface area contributed by atoms with Gasteiger partial charge in [-0.25, -0.2) is 4.68 Å². The number of rotatable bonds is 5. The lowest BCUT2D eigenvalue weighted by Crippen LogP contribution is -2.32. The van der Waals surface area contributed by atoms with Crippen LogP contribution in [0.4, 0.5) is 5.69 Å². The van der Waals surface area contributed by atoms with E-state index in [9.17, 15) is 9.90 Å². The molecule has 106 valence electrons. The molecule has 0 radical (unpaired) electrons. The summed E-state index contributed by atoms with van der Waals surface area (Å²) in [5, 5.41) is 16.2. The molecule has 0 saturated heterocycles. The molecular formula is C14H18N4O2. The summed E-state index contributed by atoms with van der Waals surface area (Å²) in [5.74, 6) is -0.305. The summed E-state index contributed by atoms with van der Waals surface area (Å²) in [6.45, 7) is 2.08. The minimum atomic E-state index is -0.532. The molecule has 6 nitrogen and oxygen atoms in total. The average Bonchev–Trinajstić information content (AvgIpc) is 2.94. The van der Waals surface area contributed by atoms with Crippen LogP contribution in [-0.2, 0) is 0 Å². The predicted octanol–water partition coefficient (Wildman–Crippen LogP) is 0.955. The summed E-state index contributed by atoms with van der Waals surface area (Å²) in [4.78, 5) is 11.9. The molecule has 0 aliphatic rings. The van der Waals surface area contributed by atoms with Gasteiger partial charge in [-0.2, -0.15) is 5.10 Å². The maximum atomic E-state index is 11.9. The zero-order valence-corrected chi connectivity index (χ0v) is 11.3. The maximum absolute atomic E-state index is 11.9. The number of aromatic nitrogens is 2. The Morgan fingerprint density at radius 2 is 2.30 bits per heavy atom. The fourth-order valence-electron chi connectivity index (χ4n) is 1.70. The Labute approximate surface area is 117 Å². The Morgan fingerprint density at radius 3 is 3.00 bits per heavy atom. The largest absolute Gasteiger partial charge is 0.399 e. The van der Waals surface area contributed by atoms with Crippen molar-refractivity contribution in [3.05, 3.63) is 42.2 Å². The van der Waals surface area contributed by atoms with Crippen LogP contribution in [0.5, 0.6) is 0 Å². The number of hydrogen-bond acceptors (Lipinski definition) is 4. The second kappa shape index (κ2) is 6.21. The van der Waals surface area contributed by atoms with Crippen molar-refractivity contribution in [2.75, 3.05) is 12.3 Å². The van der Waals surface area contributed by atoms with Crippen LogP contribution >= 0.6 is 0 Å². The standard InChI is InChI=1S/C14H18N4O2/c1-2-12(19)9-16-14(20)13-6-7-18(17-13)11-5-3-4-10(15)8-11/h3-8,12,19H,2,9,15H2,1H3,(H,16,20). The van der Waals surface area contributed by atoms with Gasteiger partial charge in [0.15, 0.2) is 5.69 Å². The van der Waals surface area contributed by atoms with Crippen LogP contribution in [0.2, 0.25) is 0 Å². The van der Waals surface area contributed by atoms with Gasteiger partial charge in [-0.3, -0.25) is 4.79 Å². The minimum absolute atomic E-state index is 0.223. The number of aliphatic hydroxyl groups is 1. The van der Waals surface area contributed by atoms with E-state index < -0.39 is 6.10 Å². The van der Waals surface area contributed by atoms with Crippen LogP contribution in [0.1, 0.15) is 23.8 Å². The third-order valence-corrected chi connectivity index (χ3v) is 2.93. The molecular weight excluding hydrogens is 256 g/mol. The molecule has 2 rings (SSSR count). The number of nitrogen functional groups attached to an aromatic ring is 1. The molecule has 6 heteroatoms. The number of carbonyl (C=O) groups is 1. The molecule has 0 saturated carbocycles. The number of nitrogens with zero attached hydrogens (tertiary/aromatic N) is 2. The summed E-state index contributed by atoms with van der Waals surface area (Å²) < 4.78 is 1.58. The first-order valence-corrected chi connectivity index (χ1v) is 6.48. The zero-order valence-electron chi connectivity index (χ0n) is 11.3. The molecule has 1 aromatic carbocycles. The second-order valence-corrected chi connectivity index (χ2v) is 4.51. The van der Waals surface area contributed by atoms with Gasteiger partial charge in [-0.1, -0.05) is 13.0 Å². The predicted molar refractivity (Wildman–Crippen MR) is 76.6 cm³/mol. The first-order chi connectivity index (χ1) is 9.60. The third-order valence-electron chi connectivity index (χ3n) is 2.93. The van der Waals surface area contributed by atoms with E-state index in [4.69, 9.17) is 5.73 Å². The number of aliphatic hydroxyl groups excluding tert-OH is 1. The van der Waals surface area contributed by atoms with Gasteiger partial charge in [0.25, 0.3) is 5.91 Å². The van der Waals surface area contributed by atoms with Crippen molar-refractivity contribution in [1.29, 1.82) is 0 Å². The topological polar surface area (TPSA) is 93.2 Å². The second-order valence-electron chi connectivity index (χ2n) is 4.51. The molecule has 0 aliphatic carbocycles. The first-order valence-electron chi connectivity index (χ1n) is 6.48. The zero-order chi connectivity index (χ0) is 14.5. The van der Waals surface area contributed by atoms with E-state index in [1.54, 1.807) is 29.1 Å². The molecule has 0 fully saturated rings. The lowest BCUT2D eigenvalue weighted by molar-refractivity contribution is 0.0908. The van der Waals surface area contributed by atoms with E-state index in [1.807, 2.05) is 19.1 Å². The average molecular weight is 274 g/mol. The van der Waals surface area contributed by atoms with Crippen molar-refractivity contribution in [1.82, 2.24) is 15.1 Å². The van der Waals surface area contributed by atoms with Gasteiger partial charge < -0.3 is 16.2 Å². The quantitative estimate of drug-likeness (QED) is 0.708. The molecule has 0 spiro atoms. The Bertz CT molecular complexity index is 594. The molecule has 0 bridgehead atoms. The van der Waals surface area contributed by atoms with Gasteiger partial charge in [-0.05, 0) is 30.7 Å². The SMILES string of the molecule is CCC(O)CNC(=O)c1ccn(-c2cccc(N)c2)n1. The van der Waals surface area contributed by atoms with Crippen molar-refractivity contribution in [3.63, 3.8) is 0 Å². The van der Waals surface area contributed by atoms with Gasteiger partial charge >= 0.3 is 0 Å². The Kier molecular flexibility index (Phi) is 4.37. The number of benzene rings is 1. The number of anilines is 1. The Morgan fingerprint density at radius 1 is 1.50 bits per heavy atom. The number of nitrogens with one attached hydrogen (secondary N) is 1. The van der Waals surface area contributed by atoms with Crippen LogP contribution in [-0.4, -0.2) is 33.4 Å². The third kappa shape index (κ3) is 3.36. The van der Waals surface area contributed by atoms with Crippen LogP contribution < -0.4 is 11.1 Å². The van der Waals surface area contributed by atoms with Gasteiger partial charge in [0, 0.05) is 18.4 Å². The van der Waals surface area contributed by atoms with Gasteiger partial charge in [-0.15, -0.1) is 0 Å². The highest BCUT2D eigenvalue weighted by Crippen LogP contribution is 2.11. The molecule has 1 amide bonds. The van der Waals surface area contributed by atoms with E-state index >= 15 is 0 Å². The highest BCUT2D eigenvalue weighted by atomic mass is 16.3. The van der Waals surface area contributed by atoms with Gasteiger partial charge in [0.1, 0.15) is 0 Å². The summed E-state index contributed by atoms with van der Waals surface area (Å²) in [6.07, 6.45) is 1.76. The number of nitrogens with two attached hydrogens (primary N) is 1. The molecule has 0 aliphatic heterocycles. The molecule has 1 heterocycles. The summed E-state index contributed by atoms with van der Waals surface area (Å²) in [6, 6.07) is 8.86. The summed E-state index contributed by atoms with van der Waals surface area (Å²) >= 11 is 0. The van der Waals surface area contributed by atoms with Gasteiger partial charge in [0.05, 0.1) is 11.8 Å². The molecule has 2 aromatic rings. The fourth-order valence-corrected chi connectivity index (χ4v) is 1.70. The first kappa shape index (κ1) is 14.1. The Balaban J connectivity index is 2.07. The maximum Gasteiger partial charge on any atom is 0.271 e. The fraction of sp³-hybridized carbons (Fsp3) is 0.286. The normalized spacial score (nSPS) is 12.1. The van der Waals surface area contributed by atoms with Crippen molar-refractivity contribution >= 4 is 11.6 Å². The summed E-state index contributed by atoms with van der Waals surface area (Å²) in [7, 11) is 0. The lowest BCUT2D eigenvalue weighted by atomic mass is 10.3. The van der Waals surface area contributed by atoms with E-state index in [0.717, 1.165) is 5.69 Å². The molecule has 20 heavy (non-hydrogen) atoms. The van der Waals surface area contributed by atoms with Gasteiger partial charge in [0.2, 0.25) is 0 Å². The number of hydrogen-bond donors (Lipinski definition) is 3. The molecule has 1 aromatic heterocycles. The van der Waals surface area contributed by atoms with E-state index in [2.05, 4.69) is 10.4 Å². The molecule has 1 atom stereocenters. The number of amides is 1. The lowest BCUT2D eigenvalue weighted by Gasteiger charge is -2.08. The van der Waals surface area contributed by atoms with Crippen LogP contribution in [0, 0.1) is 0 Å². The van der Waals surface area contributed by atoms with Crippen LogP contribution in [0.3, 0.4) is 0 Å². The minimum Gasteiger partial charge on any atom is -0.399 e. The highest BCUT2D eigenvalue weighted by molar-refractivity contribution is 5.92. The Hall–Kier alpha value is -2.34. The summed E-state index contributed by atoms with van der Waals surface area (Å²) in [5.41, 5.74) is 7.44. The van der Waals surface area contributed by atoms with E-state index in [-0.39, 0.29) is 12.5 Å². The van der Waals surface area contributed by atoms with E-state index in [1.165, 1.54) is 0 Å². The number of carbonyl (C=O) groups excluding carboxylic acids is 1.